The fourth-order valence-corrected chi connectivity index (χ4v) is 0. The molecule has 0 N–H and O–H groups in total. The third-order valence-electron chi connectivity index (χ3n) is 0. The molecule has 0 aromatic rings. The largest absolute Gasteiger partial charge is 3.00 e. The van der Waals surface area contributed by atoms with E-state index in [1.54, 1.807) is 0 Å². The smallest absolute Gasteiger partial charge is 0.356 e. The molecule has 0 bridgehead atoms. The van der Waals surface area contributed by atoms with Crippen LogP contribution in [-0.4, -0.2) is 20.3 Å². The van der Waals surface area contributed by atoms with Gasteiger partial charge in [-0.2, -0.15) is 0 Å². The third kappa shape index (κ3) is 2750. The van der Waals surface area contributed by atoms with Crippen molar-refractivity contribution in [1.82, 2.24) is 0 Å². The molecule has 0 aliphatic carbocycles. The molecule has 99 valence electrons. The minimum Gasteiger partial charge on any atom is -0.356 e. The van der Waals surface area contributed by atoms with Crippen molar-refractivity contribution in [2.45, 2.75) is 0 Å². The SMILES string of the molecule is O=[N+]([O-])[O-].O=[N+]([O-])[O-].O=[N+]([O-])[O-].O=[N+]([O-])[O-].[Cr+3].[K+]. The molecule has 0 unspecified atom stereocenters. The predicted octanol–water partition coefficient (Wildman–Crippen LogP) is -3.95. The van der Waals surface area contributed by atoms with Crippen LogP contribution in [0.25, 0.3) is 0 Å². The molecule has 0 rings (SSSR count). The van der Waals surface area contributed by atoms with E-state index in [1.165, 1.54) is 0 Å². The summed E-state index contributed by atoms with van der Waals surface area (Å²) in [7, 11) is 0. The Hall–Kier alpha value is -1.03. The summed E-state index contributed by atoms with van der Waals surface area (Å²) in [6.45, 7) is 0. The van der Waals surface area contributed by atoms with E-state index in [0.29, 0.717) is 0 Å². The fraction of sp³-hybridized carbons (Fsp3) is 0. The number of rotatable bonds is 0. The van der Waals surface area contributed by atoms with E-state index in [0.717, 1.165) is 0 Å². The van der Waals surface area contributed by atoms with Crippen LogP contribution >= 0.6 is 0 Å². The molecule has 18 heteroatoms. The van der Waals surface area contributed by atoms with E-state index in [4.69, 9.17) is 61.3 Å². The molecule has 0 atom stereocenters. The van der Waals surface area contributed by atoms with Crippen LogP contribution in [0, 0.1) is 61.3 Å². The summed E-state index contributed by atoms with van der Waals surface area (Å²) in [4.78, 5) is 33.0. The van der Waals surface area contributed by atoms with Crippen molar-refractivity contribution in [2.75, 3.05) is 0 Å². The van der Waals surface area contributed by atoms with Gasteiger partial charge in [0.05, 0.1) is 20.3 Å². The Labute approximate surface area is 149 Å². The summed E-state index contributed by atoms with van der Waals surface area (Å²) in [6, 6.07) is 0. The Morgan fingerprint density at radius 2 is 0.444 bits per heavy atom. The van der Waals surface area contributed by atoms with E-state index in [1.807, 2.05) is 0 Å². The van der Waals surface area contributed by atoms with Gasteiger partial charge in [0, 0.05) is 0 Å². The van der Waals surface area contributed by atoms with Crippen LogP contribution in [-0.2, 0) is 17.4 Å². The molecule has 1 radical (unpaired) electrons. The third-order valence-corrected chi connectivity index (χ3v) is 0. The maximum absolute atomic E-state index is 8.25. The maximum Gasteiger partial charge on any atom is 3.00 e. The second-order valence-corrected chi connectivity index (χ2v) is 0.894. The second kappa shape index (κ2) is 29.7. The molecule has 0 saturated carbocycles. The summed E-state index contributed by atoms with van der Waals surface area (Å²) < 4.78 is 0. The van der Waals surface area contributed by atoms with Gasteiger partial charge in [0.15, 0.2) is 0 Å². The van der Waals surface area contributed by atoms with Gasteiger partial charge in [-0.3, -0.25) is 0 Å². The monoisotopic (exact) mass is 339 g/mol. The van der Waals surface area contributed by atoms with Crippen LogP contribution in [0.5, 0.6) is 0 Å². The molecule has 0 aromatic heterocycles. The first kappa shape index (κ1) is 36.0. The minimum absolute atomic E-state index is 0. The van der Waals surface area contributed by atoms with Crippen molar-refractivity contribution < 1.29 is 89.1 Å². The van der Waals surface area contributed by atoms with Gasteiger partial charge in [-0.25, -0.2) is 0 Å². The van der Waals surface area contributed by atoms with E-state index in [9.17, 15) is 0 Å². The van der Waals surface area contributed by atoms with Gasteiger partial charge in [-0.15, -0.1) is 0 Å². The van der Waals surface area contributed by atoms with Gasteiger partial charge < -0.3 is 61.3 Å². The Morgan fingerprint density at radius 3 is 0.444 bits per heavy atom. The minimum atomic E-state index is -1.75. The van der Waals surface area contributed by atoms with Gasteiger partial charge in [0.25, 0.3) is 0 Å². The standard InChI is InChI=1S/Cr.K.4NO3/c;;4*2-1(3)4/q+3;+1;4*-1. The zero-order chi connectivity index (χ0) is 14.3. The van der Waals surface area contributed by atoms with E-state index in [-0.39, 0.29) is 68.7 Å². The molecule has 0 aliphatic rings. The first-order valence-electron chi connectivity index (χ1n) is 2.19. The summed E-state index contributed by atoms with van der Waals surface area (Å²) in [6.07, 6.45) is 0. The van der Waals surface area contributed by atoms with Gasteiger partial charge in [-0.05, 0) is 0 Å². The first-order chi connectivity index (χ1) is 6.93. The summed E-state index contributed by atoms with van der Waals surface area (Å²) in [5.41, 5.74) is 0. The van der Waals surface area contributed by atoms with Crippen LogP contribution in [0.15, 0.2) is 0 Å². The molecule has 0 fully saturated rings. The van der Waals surface area contributed by atoms with Crippen molar-refractivity contribution in [3.05, 3.63) is 61.3 Å². The van der Waals surface area contributed by atoms with E-state index < -0.39 is 20.3 Å². The molecule has 0 amide bonds. The van der Waals surface area contributed by atoms with Crippen LogP contribution in [0.2, 0.25) is 0 Å². The molecule has 0 aromatic carbocycles. The normalized spacial score (nSPS) is 5.33. The van der Waals surface area contributed by atoms with Crippen molar-refractivity contribution in [2.24, 2.45) is 0 Å². The number of nitrogens with zero attached hydrogens (tertiary/aromatic N) is 4. The Bertz CT molecular complexity index is 164. The average Bonchev–Trinajstić information content (AvgIpc) is 1.76. The molecule has 0 spiro atoms. The Kier molecular flexibility index (Phi) is 59.4. The van der Waals surface area contributed by atoms with Gasteiger partial charge >= 0.3 is 68.7 Å². The molecule has 0 heterocycles. The zero-order valence-corrected chi connectivity index (χ0v) is 12.5. The van der Waals surface area contributed by atoms with Crippen molar-refractivity contribution in [3.8, 4) is 0 Å². The van der Waals surface area contributed by atoms with E-state index >= 15 is 0 Å². The number of hydrogen-bond acceptors (Lipinski definition) is 12. The summed E-state index contributed by atoms with van der Waals surface area (Å²) in [5.74, 6) is 0. The van der Waals surface area contributed by atoms with E-state index in [2.05, 4.69) is 0 Å². The van der Waals surface area contributed by atoms with Crippen LogP contribution < -0.4 is 51.4 Å². The summed E-state index contributed by atoms with van der Waals surface area (Å²) in [5, 5.41) is 59.0. The molecular formula is CrKN4O12. The average molecular weight is 339 g/mol. The van der Waals surface area contributed by atoms with Crippen molar-refractivity contribution in [1.29, 1.82) is 0 Å². The maximum atomic E-state index is 8.25. The van der Waals surface area contributed by atoms with Crippen LogP contribution in [0.1, 0.15) is 0 Å². The van der Waals surface area contributed by atoms with Crippen LogP contribution in [0.4, 0.5) is 0 Å². The van der Waals surface area contributed by atoms with Gasteiger partial charge in [0.1, 0.15) is 0 Å². The first-order valence-corrected chi connectivity index (χ1v) is 2.19. The molecule has 0 aliphatic heterocycles. The molecule has 18 heavy (non-hydrogen) atoms. The number of hydrogen-bond donors (Lipinski definition) is 0. The van der Waals surface area contributed by atoms with Crippen LogP contribution in [0.3, 0.4) is 0 Å². The quantitative estimate of drug-likeness (QED) is 0.232. The van der Waals surface area contributed by atoms with Crippen molar-refractivity contribution in [3.63, 3.8) is 0 Å². The zero-order valence-electron chi connectivity index (χ0n) is 8.10. The Balaban J connectivity index is -0.0000000257. The predicted molar refractivity (Wildman–Crippen MR) is 41.4 cm³/mol. The molecular weight excluding hydrogens is 339 g/mol. The van der Waals surface area contributed by atoms with Crippen molar-refractivity contribution >= 4 is 0 Å². The summed E-state index contributed by atoms with van der Waals surface area (Å²) >= 11 is 0. The topological polar surface area (TPSA) is 265 Å². The molecule has 0 saturated heterocycles. The molecule has 16 nitrogen and oxygen atoms in total. The van der Waals surface area contributed by atoms with Gasteiger partial charge in [0.2, 0.25) is 0 Å². The second-order valence-electron chi connectivity index (χ2n) is 0.894. The van der Waals surface area contributed by atoms with Gasteiger partial charge in [-0.1, -0.05) is 0 Å². The fourth-order valence-electron chi connectivity index (χ4n) is 0. The Morgan fingerprint density at radius 1 is 0.444 bits per heavy atom.